The topological polar surface area (TPSA) is 116 Å². The van der Waals surface area contributed by atoms with Gasteiger partial charge in [-0.25, -0.2) is 14.4 Å². The van der Waals surface area contributed by atoms with E-state index in [0.29, 0.717) is 28.0 Å². The van der Waals surface area contributed by atoms with Gasteiger partial charge < -0.3 is 15.7 Å². The number of nitrogens with one attached hydrogen (secondary N) is 1. The summed E-state index contributed by atoms with van der Waals surface area (Å²) in [5, 5.41) is 17.3. The van der Waals surface area contributed by atoms with Crippen molar-refractivity contribution in [3.63, 3.8) is 0 Å². The second kappa shape index (κ2) is 7.96. The quantitative estimate of drug-likeness (QED) is 0.569. The Bertz CT molecular complexity index is 1090. The van der Waals surface area contributed by atoms with Crippen molar-refractivity contribution in [2.75, 3.05) is 31.6 Å². The van der Waals surface area contributed by atoms with Crippen molar-refractivity contribution in [1.29, 1.82) is 0 Å². The van der Waals surface area contributed by atoms with Crippen LogP contribution < -0.4 is 10.6 Å². The molecule has 4 N–H and O–H groups in total. The van der Waals surface area contributed by atoms with Crippen molar-refractivity contribution in [3.8, 4) is 11.4 Å². The zero-order valence-corrected chi connectivity index (χ0v) is 16.0. The van der Waals surface area contributed by atoms with Crippen LogP contribution in [0.1, 0.15) is 12.0 Å². The first-order chi connectivity index (χ1) is 14.1. The number of H-pyrrole nitrogens is 1. The molecule has 0 saturated carbocycles. The monoisotopic (exact) mass is 395 g/mol. The Morgan fingerprint density at radius 2 is 2.28 bits per heavy atom. The van der Waals surface area contributed by atoms with Gasteiger partial charge in [0, 0.05) is 73.7 Å². The number of halogens is 1. The molecular formula is C20H22FN7O. The molecule has 29 heavy (non-hydrogen) atoms. The van der Waals surface area contributed by atoms with Crippen LogP contribution in [0.2, 0.25) is 0 Å². The molecule has 1 atom stereocenters. The van der Waals surface area contributed by atoms with Crippen LogP contribution in [0.5, 0.6) is 0 Å². The molecule has 2 aromatic heterocycles. The number of hydrogen-bond donors (Lipinski definition) is 3. The number of fused-ring (bicyclic) bond motifs is 1. The van der Waals surface area contributed by atoms with E-state index in [1.54, 1.807) is 13.1 Å². The lowest BCUT2D eigenvalue weighted by atomic mass is 10.0. The summed E-state index contributed by atoms with van der Waals surface area (Å²) in [5.74, 6) is 0.622. The van der Waals surface area contributed by atoms with E-state index >= 15 is 0 Å². The van der Waals surface area contributed by atoms with E-state index in [0.717, 1.165) is 30.7 Å². The van der Waals surface area contributed by atoms with Crippen molar-refractivity contribution in [2.45, 2.75) is 6.42 Å². The Hall–Kier alpha value is -3.33. The molecule has 1 fully saturated rings. The molecule has 1 aliphatic heterocycles. The fourth-order valence-corrected chi connectivity index (χ4v) is 3.64. The van der Waals surface area contributed by atoms with Gasteiger partial charge in [0.05, 0.1) is 11.2 Å². The van der Waals surface area contributed by atoms with Gasteiger partial charge >= 0.3 is 0 Å². The van der Waals surface area contributed by atoms with Crippen LogP contribution in [0.15, 0.2) is 35.7 Å². The van der Waals surface area contributed by atoms with E-state index in [1.165, 1.54) is 24.8 Å². The maximum atomic E-state index is 14.6. The molecule has 8 nitrogen and oxygen atoms in total. The van der Waals surface area contributed by atoms with Gasteiger partial charge in [-0.15, -0.1) is 0 Å². The number of aliphatic imine (C=N–C) groups is 1. The molecule has 3 aromatic rings. The average molecular weight is 395 g/mol. The Morgan fingerprint density at radius 3 is 3.00 bits per heavy atom. The van der Waals surface area contributed by atoms with Crippen molar-refractivity contribution in [2.24, 2.45) is 16.6 Å². The van der Waals surface area contributed by atoms with E-state index in [2.05, 4.69) is 30.1 Å². The zero-order valence-electron chi connectivity index (χ0n) is 16.0. The van der Waals surface area contributed by atoms with Gasteiger partial charge in [0.2, 0.25) is 0 Å². The smallest absolute Gasteiger partial charge is 0.133 e. The fourth-order valence-electron chi connectivity index (χ4n) is 3.64. The summed E-state index contributed by atoms with van der Waals surface area (Å²) in [6, 6.07) is 4.96. The number of aromatic amines is 1. The third-order valence-corrected chi connectivity index (χ3v) is 5.17. The van der Waals surface area contributed by atoms with Gasteiger partial charge in [0.15, 0.2) is 0 Å². The van der Waals surface area contributed by atoms with E-state index in [1.807, 2.05) is 6.07 Å². The number of benzene rings is 1. The molecule has 9 heteroatoms. The molecule has 0 spiro atoms. The van der Waals surface area contributed by atoms with Crippen LogP contribution in [-0.2, 0) is 0 Å². The number of anilines is 1. The predicted molar refractivity (Wildman–Crippen MR) is 111 cm³/mol. The van der Waals surface area contributed by atoms with Gasteiger partial charge in [0.1, 0.15) is 23.7 Å². The maximum absolute atomic E-state index is 14.6. The van der Waals surface area contributed by atoms with Crippen LogP contribution in [-0.4, -0.2) is 58.2 Å². The second-order valence-corrected chi connectivity index (χ2v) is 7.00. The molecule has 1 aliphatic rings. The van der Waals surface area contributed by atoms with Crippen molar-refractivity contribution in [1.82, 2.24) is 20.2 Å². The van der Waals surface area contributed by atoms with E-state index in [4.69, 9.17) is 5.73 Å². The normalized spacial score (nSPS) is 17.7. The molecule has 0 unspecified atom stereocenters. The lowest BCUT2D eigenvalue weighted by Crippen LogP contribution is -2.21. The Balaban J connectivity index is 1.76. The summed E-state index contributed by atoms with van der Waals surface area (Å²) >= 11 is 0. The lowest BCUT2D eigenvalue weighted by Gasteiger charge is -2.17. The minimum atomic E-state index is -0.417. The molecule has 4 rings (SSSR count). The van der Waals surface area contributed by atoms with E-state index < -0.39 is 5.82 Å². The number of nitrogens with two attached hydrogens (primary N) is 1. The van der Waals surface area contributed by atoms with Gasteiger partial charge in [-0.05, 0) is 12.5 Å². The third kappa shape index (κ3) is 3.56. The summed E-state index contributed by atoms with van der Waals surface area (Å²) < 4.78 is 14.6. The third-order valence-electron chi connectivity index (χ3n) is 5.17. The first-order valence-electron chi connectivity index (χ1n) is 9.34. The van der Waals surface area contributed by atoms with Crippen LogP contribution in [0, 0.1) is 11.7 Å². The molecule has 150 valence electrons. The Morgan fingerprint density at radius 1 is 1.41 bits per heavy atom. The summed E-state index contributed by atoms with van der Waals surface area (Å²) in [6.07, 6.45) is 5.26. The molecule has 1 aromatic carbocycles. The molecule has 0 bridgehead atoms. The summed E-state index contributed by atoms with van der Waals surface area (Å²) in [7, 11) is 1.60. The standard InChI is InChI=1S/C20H22FN7O/c1-23-8-13(7-22)14-4-15-17(5-16(14)21)26-27-20(15)18-6-19(25-11-24-18)28-3-2-12(9-28)10-29/h4-8,11-12,29H,2-3,9-10,22H2,1H3,(H,26,27)/t12-/m1/s1. The predicted octanol–water partition coefficient (Wildman–Crippen LogP) is 1.98. The highest BCUT2D eigenvalue weighted by molar-refractivity contribution is 6.11. The molecule has 3 heterocycles. The number of allylic oxidation sites excluding steroid dienone is 1. The van der Waals surface area contributed by atoms with Crippen molar-refractivity contribution >= 4 is 28.5 Å². The van der Waals surface area contributed by atoms with Crippen molar-refractivity contribution < 1.29 is 9.50 Å². The SMILES string of the molecule is CN=CC(=CN)c1cc2c(-c3cc(N4CC[C@@H](CO)C4)ncn3)n[nH]c2cc1F. The highest BCUT2D eigenvalue weighted by Gasteiger charge is 2.23. The van der Waals surface area contributed by atoms with Crippen LogP contribution in [0.25, 0.3) is 27.9 Å². The van der Waals surface area contributed by atoms with Crippen molar-refractivity contribution in [3.05, 3.63) is 42.1 Å². The second-order valence-electron chi connectivity index (χ2n) is 7.00. The highest BCUT2D eigenvalue weighted by atomic mass is 19.1. The average Bonchev–Trinajstić information content (AvgIpc) is 3.38. The van der Waals surface area contributed by atoms with E-state index in [-0.39, 0.29) is 12.5 Å². The van der Waals surface area contributed by atoms with Gasteiger partial charge in [-0.2, -0.15) is 5.10 Å². The van der Waals surface area contributed by atoms with Gasteiger partial charge in [0.25, 0.3) is 0 Å². The number of hydrogen-bond acceptors (Lipinski definition) is 7. The largest absolute Gasteiger partial charge is 0.404 e. The molecule has 0 aliphatic carbocycles. The Kier molecular flexibility index (Phi) is 5.22. The summed E-state index contributed by atoms with van der Waals surface area (Å²) in [5.41, 5.74) is 8.28. The first-order valence-corrected chi connectivity index (χ1v) is 9.34. The minimum Gasteiger partial charge on any atom is -0.404 e. The Labute approximate surface area is 167 Å². The van der Waals surface area contributed by atoms with Gasteiger partial charge in [-0.1, -0.05) is 0 Å². The maximum Gasteiger partial charge on any atom is 0.133 e. The highest BCUT2D eigenvalue weighted by Crippen LogP contribution is 2.31. The summed E-state index contributed by atoms with van der Waals surface area (Å²) in [4.78, 5) is 14.8. The summed E-state index contributed by atoms with van der Waals surface area (Å²) in [6.45, 7) is 1.76. The molecular weight excluding hydrogens is 373 g/mol. The van der Waals surface area contributed by atoms with Crippen LogP contribution in [0.3, 0.4) is 0 Å². The number of nitrogens with zero attached hydrogens (tertiary/aromatic N) is 5. The van der Waals surface area contributed by atoms with Crippen LogP contribution >= 0.6 is 0 Å². The lowest BCUT2D eigenvalue weighted by molar-refractivity contribution is 0.238. The van der Waals surface area contributed by atoms with E-state index in [9.17, 15) is 9.50 Å². The molecule has 0 radical (unpaired) electrons. The first kappa shape index (κ1) is 19.0. The fraction of sp³-hybridized carbons (Fsp3) is 0.300. The van der Waals surface area contributed by atoms with Gasteiger partial charge in [-0.3, -0.25) is 10.1 Å². The number of aliphatic hydroxyl groups excluding tert-OH is 1. The molecule has 0 amide bonds. The number of rotatable bonds is 5. The van der Waals surface area contributed by atoms with Crippen LogP contribution in [0.4, 0.5) is 10.2 Å². The number of aromatic nitrogens is 4. The number of aliphatic hydroxyl groups is 1. The molecule has 1 saturated heterocycles. The zero-order chi connectivity index (χ0) is 20.4. The minimum absolute atomic E-state index is 0.171.